The Hall–Kier alpha value is -3.16. The molecule has 0 aliphatic carbocycles. The first-order valence-corrected chi connectivity index (χ1v) is 10.9. The van der Waals surface area contributed by atoms with Crippen LogP contribution in [0.3, 0.4) is 0 Å². The lowest BCUT2D eigenvalue weighted by Crippen LogP contribution is -2.48. The molecule has 3 aromatic heterocycles. The minimum Gasteiger partial charge on any atom is -0.463 e. The first-order chi connectivity index (χ1) is 14.8. The quantitative estimate of drug-likeness (QED) is 0.489. The summed E-state index contributed by atoms with van der Waals surface area (Å²) in [5, 5.41) is 6.78. The Morgan fingerprint density at radius 2 is 1.83 bits per heavy atom. The van der Waals surface area contributed by atoms with E-state index >= 15 is 0 Å². The van der Waals surface area contributed by atoms with Crippen LogP contribution >= 0.6 is 11.3 Å². The molecule has 1 aromatic carbocycles. The fourth-order valence-corrected chi connectivity index (χ4v) is 4.48. The van der Waals surface area contributed by atoms with Crippen LogP contribution in [0.25, 0.3) is 17.1 Å². The molecule has 1 aliphatic rings. The van der Waals surface area contributed by atoms with Gasteiger partial charge in [-0.3, -0.25) is 9.69 Å². The number of thiophene rings is 1. The number of carbonyl (C=O) groups excluding carboxylic acids is 1. The minimum atomic E-state index is -0.0000622. The zero-order valence-electron chi connectivity index (χ0n) is 16.5. The Kier molecular flexibility index (Phi) is 5.21. The van der Waals surface area contributed by atoms with Crippen LogP contribution in [0.4, 0.5) is 0 Å². The summed E-state index contributed by atoms with van der Waals surface area (Å²) in [6.45, 7) is 4.10. The number of nitrogens with zero attached hydrogens (tertiary/aromatic N) is 4. The van der Waals surface area contributed by atoms with E-state index in [1.807, 2.05) is 53.4 Å². The van der Waals surface area contributed by atoms with Crippen LogP contribution < -0.4 is 0 Å². The Morgan fingerprint density at radius 3 is 2.53 bits per heavy atom. The monoisotopic (exact) mass is 418 g/mol. The number of hydrogen-bond acceptors (Lipinski definition) is 5. The van der Waals surface area contributed by atoms with Crippen LogP contribution in [0.5, 0.6) is 0 Å². The number of hydrogen-bond donors (Lipinski definition) is 0. The molecule has 4 aromatic rings. The average Bonchev–Trinajstić information content (AvgIpc) is 3.55. The average molecular weight is 419 g/mol. The van der Waals surface area contributed by atoms with Crippen molar-refractivity contribution in [3.8, 4) is 17.1 Å². The number of benzene rings is 1. The molecule has 7 heteroatoms. The van der Waals surface area contributed by atoms with Gasteiger partial charge in [0.25, 0.3) is 5.91 Å². The predicted octanol–water partition coefficient (Wildman–Crippen LogP) is 4.15. The van der Waals surface area contributed by atoms with E-state index in [0.717, 1.165) is 25.3 Å². The smallest absolute Gasteiger partial charge is 0.272 e. The third-order valence-corrected chi connectivity index (χ3v) is 6.18. The second-order valence-corrected chi connectivity index (χ2v) is 8.32. The van der Waals surface area contributed by atoms with Crippen molar-refractivity contribution in [2.24, 2.45) is 0 Å². The summed E-state index contributed by atoms with van der Waals surface area (Å²) >= 11 is 1.78. The van der Waals surface area contributed by atoms with Crippen molar-refractivity contribution >= 4 is 17.2 Å². The fraction of sp³-hybridized carbons (Fsp3) is 0.217. The Bertz CT molecular complexity index is 1100. The van der Waals surface area contributed by atoms with Gasteiger partial charge in [0, 0.05) is 43.7 Å². The summed E-state index contributed by atoms with van der Waals surface area (Å²) in [6.07, 6.45) is 1.62. The minimum absolute atomic E-state index is 0.0000622. The third kappa shape index (κ3) is 3.81. The number of rotatable bonds is 5. The van der Waals surface area contributed by atoms with Gasteiger partial charge in [0.05, 0.1) is 12.0 Å². The van der Waals surface area contributed by atoms with Crippen LogP contribution in [-0.4, -0.2) is 51.7 Å². The van der Waals surface area contributed by atoms with Gasteiger partial charge in [0.15, 0.2) is 5.76 Å². The Morgan fingerprint density at radius 1 is 1.00 bits per heavy atom. The van der Waals surface area contributed by atoms with E-state index in [2.05, 4.69) is 27.5 Å². The SMILES string of the molecule is O=C(c1cc(-c2ccco2)nn1-c1ccccc1)N1CCN(Cc2cccs2)CC1. The summed E-state index contributed by atoms with van der Waals surface area (Å²) in [5.74, 6) is 0.652. The molecular formula is C23H22N4O2S. The van der Waals surface area contributed by atoms with Gasteiger partial charge in [-0.2, -0.15) is 5.10 Å². The van der Waals surface area contributed by atoms with Crippen LogP contribution in [0.2, 0.25) is 0 Å². The first kappa shape index (κ1) is 18.8. The second-order valence-electron chi connectivity index (χ2n) is 7.29. The van der Waals surface area contributed by atoms with Crippen LogP contribution in [0, 0.1) is 0 Å². The predicted molar refractivity (Wildman–Crippen MR) is 117 cm³/mol. The number of aromatic nitrogens is 2. The van der Waals surface area contributed by atoms with Crippen LogP contribution in [0.15, 0.2) is 76.7 Å². The van der Waals surface area contributed by atoms with Crippen molar-refractivity contribution in [3.05, 3.63) is 82.9 Å². The summed E-state index contributed by atoms with van der Waals surface area (Å²) in [5.41, 5.74) is 2.07. The number of piperazine rings is 1. The topological polar surface area (TPSA) is 54.5 Å². The van der Waals surface area contributed by atoms with E-state index in [0.29, 0.717) is 30.2 Å². The summed E-state index contributed by atoms with van der Waals surface area (Å²) in [7, 11) is 0. The molecule has 0 N–H and O–H groups in total. The lowest BCUT2D eigenvalue weighted by atomic mass is 10.2. The van der Waals surface area contributed by atoms with E-state index in [9.17, 15) is 4.79 Å². The highest BCUT2D eigenvalue weighted by atomic mass is 32.1. The number of para-hydroxylation sites is 1. The highest BCUT2D eigenvalue weighted by Gasteiger charge is 2.26. The normalized spacial score (nSPS) is 14.9. The van der Waals surface area contributed by atoms with Crippen molar-refractivity contribution in [3.63, 3.8) is 0 Å². The fourth-order valence-electron chi connectivity index (χ4n) is 3.74. The number of furan rings is 1. The largest absolute Gasteiger partial charge is 0.463 e. The van der Waals surface area contributed by atoms with Gasteiger partial charge in [-0.05, 0) is 35.7 Å². The highest BCUT2D eigenvalue weighted by molar-refractivity contribution is 7.09. The molecule has 6 nitrogen and oxygen atoms in total. The summed E-state index contributed by atoms with van der Waals surface area (Å²) in [4.78, 5) is 19.1. The van der Waals surface area contributed by atoms with Crippen molar-refractivity contribution in [2.75, 3.05) is 26.2 Å². The van der Waals surface area contributed by atoms with E-state index in [4.69, 9.17) is 4.42 Å². The third-order valence-electron chi connectivity index (χ3n) is 5.32. The standard InChI is InChI=1S/C23H22N4O2S/c28-23(26-12-10-25(11-13-26)17-19-8-5-15-30-19)21-16-20(22-9-4-14-29-22)24-27(21)18-6-2-1-3-7-18/h1-9,14-16H,10-13,17H2. The van der Waals surface area contributed by atoms with Gasteiger partial charge >= 0.3 is 0 Å². The summed E-state index contributed by atoms with van der Waals surface area (Å²) < 4.78 is 7.23. The van der Waals surface area contributed by atoms with Gasteiger partial charge < -0.3 is 9.32 Å². The number of amides is 1. The maximum atomic E-state index is 13.4. The first-order valence-electron chi connectivity index (χ1n) is 10.0. The zero-order chi connectivity index (χ0) is 20.3. The molecular weight excluding hydrogens is 396 g/mol. The van der Waals surface area contributed by atoms with E-state index in [1.165, 1.54) is 4.88 Å². The molecule has 0 bridgehead atoms. The Balaban J connectivity index is 1.37. The van der Waals surface area contributed by atoms with Gasteiger partial charge in [0.1, 0.15) is 11.4 Å². The van der Waals surface area contributed by atoms with Crippen molar-refractivity contribution < 1.29 is 9.21 Å². The summed E-state index contributed by atoms with van der Waals surface area (Å²) in [6, 6.07) is 19.5. The van der Waals surface area contributed by atoms with Crippen LogP contribution in [-0.2, 0) is 6.54 Å². The van der Waals surface area contributed by atoms with Crippen LogP contribution in [0.1, 0.15) is 15.4 Å². The van der Waals surface area contributed by atoms with E-state index in [-0.39, 0.29) is 5.91 Å². The molecule has 0 atom stereocenters. The van der Waals surface area contributed by atoms with Gasteiger partial charge in [0.2, 0.25) is 0 Å². The molecule has 0 spiro atoms. The lowest BCUT2D eigenvalue weighted by molar-refractivity contribution is 0.0620. The maximum Gasteiger partial charge on any atom is 0.272 e. The molecule has 1 amide bonds. The van der Waals surface area contributed by atoms with Crippen molar-refractivity contribution in [1.29, 1.82) is 0 Å². The molecule has 30 heavy (non-hydrogen) atoms. The zero-order valence-corrected chi connectivity index (χ0v) is 17.3. The molecule has 152 valence electrons. The van der Waals surface area contributed by atoms with Gasteiger partial charge in [-0.15, -0.1) is 11.3 Å². The molecule has 0 saturated carbocycles. The molecule has 0 unspecified atom stereocenters. The lowest BCUT2D eigenvalue weighted by Gasteiger charge is -2.34. The molecule has 5 rings (SSSR count). The van der Waals surface area contributed by atoms with Gasteiger partial charge in [-0.1, -0.05) is 24.3 Å². The van der Waals surface area contributed by atoms with Crippen molar-refractivity contribution in [1.82, 2.24) is 19.6 Å². The second kappa shape index (κ2) is 8.30. The van der Waals surface area contributed by atoms with Crippen molar-refractivity contribution in [2.45, 2.75) is 6.54 Å². The number of carbonyl (C=O) groups is 1. The molecule has 1 saturated heterocycles. The molecule has 4 heterocycles. The molecule has 1 aliphatic heterocycles. The highest BCUT2D eigenvalue weighted by Crippen LogP contribution is 2.24. The van der Waals surface area contributed by atoms with Gasteiger partial charge in [-0.25, -0.2) is 4.68 Å². The molecule has 0 radical (unpaired) electrons. The van der Waals surface area contributed by atoms with E-state index in [1.54, 1.807) is 22.3 Å². The Labute approximate surface area is 179 Å². The molecule has 1 fully saturated rings. The van der Waals surface area contributed by atoms with E-state index < -0.39 is 0 Å². The maximum absolute atomic E-state index is 13.4.